The highest BCUT2D eigenvalue weighted by Crippen LogP contribution is 2.32. The summed E-state index contributed by atoms with van der Waals surface area (Å²) in [4.78, 5) is 12.4. The highest BCUT2D eigenvalue weighted by molar-refractivity contribution is 5.58. The third-order valence-corrected chi connectivity index (χ3v) is 7.14. The molecule has 2 saturated heterocycles. The SMILES string of the molecule is Cc1ccc(CN(C)C[C@H]2Cc3c(cccc3N3CCN4CCC[C@@H]4C3)CN2)nc1. The number of aromatic nitrogens is 1. The number of likely N-dealkylation sites (N-methyl/N-ethyl adjacent to an activating group) is 1. The van der Waals surface area contributed by atoms with Crippen molar-refractivity contribution in [1.82, 2.24) is 20.1 Å². The van der Waals surface area contributed by atoms with Crippen LogP contribution in [0.3, 0.4) is 0 Å². The number of fused-ring (bicyclic) bond motifs is 2. The number of rotatable bonds is 5. The molecule has 0 bridgehead atoms. The fraction of sp³-hybridized carbons (Fsp3) is 0.560. The molecule has 1 aromatic heterocycles. The van der Waals surface area contributed by atoms with Crippen molar-refractivity contribution in [2.24, 2.45) is 0 Å². The van der Waals surface area contributed by atoms with Crippen molar-refractivity contribution >= 4 is 5.69 Å². The molecule has 0 amide bonds. The fourth-order valence-corrected chi connectivity index (χ4v) is 5.54. The van der Waals surface area contributed by atoms with Crippen LogP contribution in [0.2, 0.25) is 0 Å². The Morgan fingerprint density at radius 1 is 1.17 bits per heavy atom. The van der Waals surface area contributed by atoms with Crippen LogP contribution in [-0.2, 0) is 19.5 Å². The summed E-state index contributed by atoms with van der Waals surface area (Å²) < 4.78 is 0. The van der Waals surface area contributed by atoms with E-state index in [9.17, 15) is 0 Å². The molecule has 5 rings (SSSR count). The van der Waals surface area contributed by atoms with Gasteiger partial charge in [-0.2, -0.15) is 0 Å². The van der Waals surface area contributed by atoms with Gasteiger partial charge in [0.1, 0.15) is 0 Å². The third kappa shape index (κ3) is 4.25. The van der Waals surface area contributed by atoms with Crippen LogP contribution >= 0.6 is 0 Å². The van der Waals surface area contributed by atoms with E-state index in [1.165, 1.54) is 55.8 Å². The number of nitrogens with zero attached hydrogens (tertiary/aromatic N) is 4. The maximum atomic E-state index is 4.58. The normalized spacial score (nSPS) is 24.2. The van der Waals surface area contributed by atoms with Crippen LogP contribution in [0.5, 0.6) is 0 Å². The van der Waals surface area contributed by atoms with Gasteiger partial charge < -0.3 is 10.2 Å². The van der Waals surface area contributed by atoms with Gasteiger partial charge in [0.05, 0.1) is 5.69 Å². The van der Waals surface area contributed by atoms with Crippen LogP contribution < -0.4 is 10.2 Å². The van der Waals surface area contributed by atoms with E-state index >= 15 is 0 Å². The molecule has 0 radical (unpaired) electrons. The second-order valence-corrected chi connectivity index (χ2v) is 9.50. The lowest BCUT2D eigenvalue weighted by Gasteiger charge is -2.41. The van der Waals surface area contributed by atoms with Crippen molar-refractivity contribution in [3.05, 3.63) is 58.9 Å². The second-order valence-electron chi connectivity index (χ2n) is 9.50. The lowest BCUT2D eigenvalue weighted by molar-refractivity contribution is 0.230. The molecular weight excluding hydrogens is 370 g/mol. The summed E-state index contributed by atoms with van der Waals surface area (Å²) in [7, 11) is 2.21. The first-order chi connectivity index (χ1) is 14.7. The molecule has 1 aromatic carbocycles. The average Bonchev–Trinajstić information content (AvgIpc) is 3.23. The lowest BCUT2D eigenvalue weighted by atomic mass is 9.92. The number of nitrogens with one attached hydrogen (secondary N) is 1. The van der Waals surface area contributed by atoms with Gasteiger partial charge in [0, 0.05) is 63.2 Å². The van der Waals surface area contributed by atoms with E-state index in [-0.39, 0.29) is 0 Å². The first-order valence-electron chi connectivity index (χ1n) is 11.6. The summed E-state index contributed by atoms with van der Waals surface area (Å²) in [5.41, 5.74) is 6.93. The molecule has 1 N–H and O–H groups in total. The van der Waals surface area contributed by atoms with Crippen molar-refractivity contribution < 1.29 is 0 Å². The Hall–Kier alpha value is -1.95. The average molecular weight is 406 g/mol. The second kappa shape index (κ2) is 8.66. The molecule has 3 aliphatic heterocycles. The highest BCUT2D eigenvalue weighted by Gasteiger charge is 2.32. The molecule has 4 heterocycles. The maximum absolute atomic E-state index is 4.58. The van der Waals surface area contributed by atoms with E-state index in [1.807, 2.05) is 6.20 Å². The van der Waals surface area contributed by atoms with E-state index in [1.54, 1.807) is 5.56 Å². The lowest BCUT2D eigenvalue weighted by Crippen LogP contribution is -2.51. The number of anilines is 1. The maximum Gasteiger partial charge on any atom is 0.0544 e. The molecule has 30 heavy (non-hydrogen) atoms. The van der Waals surface area contributed by atoms with Gasteiger partial charge in [-0.15, -0.1) is 0 Å². The zero-order valence-corrected chi connectivity index (χ0v) is 18.5. The molecule has 0 spiro atoms. The van der Waals surface area contributed by atoms with Gasteiger partial charge in [-0.3, -0.25) is 14.8 Å². The van der Waals surface area contributed by atoms with Gasteiger partial charge in [-0.25, -0.2) is 0 Å². The number of aryl methyl sites for hydroxylation is 1. The minimum Gasteiger partial charge on any atom is -0.368 e. The van der Waals surface area contributed by atoms with Crippen LogP contribution in [0.15, 0.2) is 36.5 Å². The Labute approximate surface area is 181 Å². The number of pyridine rings is 1. The zero-order valence-electron chi connectivity index (χ0n) is 18.5. The molecule has 5 heteroatoms. The molecule has 2 fully saturated rings. The zero-order chi connectivity index (χ0) is 20.5. The van der Waals surface area contributed by atoms with Gasteiger partial charge in [0.2, 0.25) is 0 Å². The quantitative estimate of drug-likeness (QED) is 0.828. The van der Waals surface area contributed by atoms with Crippen LogP contribution in [0.25, 0.3) is 0 Å². The minimum absolute atomic E-state index is 0.488. The first-order valence-corrected chi connectivity index (χ1v) is 11.6. The van der Waals surface area contributed by atoms with E-state index in [0.29, 0.717) is 6.04 Å². The molecule has 0 aliphatic carbocycles. The third-order valence-electron chi connectivity index (χ3n) is 7.14. The van der Waals surface area contributed by atoms with Gasteiger partial charge in [-0.05, 0) is 68.6 Å². The van der Waals surface area contributed by atoms with Crippen LogP contribution in [0.1, 0.15) is 35.2 Å². The van der Waals surface area contributed by atoms with Crippen molar-refractivity contribution in [3.63, 3.8) is 0 Å². The van der Waals surface area contributed by atoms with Crippen LogP contribution in [0.4, 0.5) is 5.69 Å². The molecule has 0 unspecified atom stereocenters. The van der Waals surface area contributed by atoms with E-state index in [2.05, 4.69) is 69.3 Å². The molecule has 5 nitrogen and oxygen atoms in total. The molecule has 2 atom stereocenters. The number of hydrogen-bond donors (Lipinski definition) is 1. The summed E-state index contributed by atoms with van der Waals surface area (Å²) in [6.45, 7) is 9.91. The monoisotopic (exact) mass is 405 g/mol. The van der Waals surface area contributed by atoms with Crippen LogP contribution in [-0.4, -0.2) is 66.6 Å². The smallest absolute Gasteiger partial charge is 0.0544 e. The Balaban J connectivity index is 1.26. The van der Waals surface area contributed by atoms with Gasteiger partial charge >= 0.3 is 0 Å². The van der Waals surface area contributed by atoms with Crippen molar-refractivity contribution in [2.45, 2.75) is 51.4 Å². The number of hydrogen-bond acceptors (Lipinski definition) is 5. The van der Waals surface area contributed by atoms with E-state index in [4.69, 9.17) is 0 Å². The van der Waals surface area contributed by atoms with Gasteiger partial charge in [-0.1, -0.05) is 18.2 Å². The Kier molecular flexibility index (Phi) is 5.77. The summed E-state index contributed by atoms with van der Waals surface area (Å²) in [5, 5.41) is 3.78. The van der Waals surface area contributed by atoms with Gasteiger partial charge in [0.25, 0.3) is 0 Å². The van der Waals surface area contributed by atoms with Crippen LogP contribution in [0, 0.1) is 6.92 Å². The minimum atomic E-state index is 0.488. The highest BCUT2D eigenvalue weighted by atomic mass is 15.3. The largest absolute Gasteiger partial charge is 0.368 e. The molecule has 0 saturated carbocycles. The Morgan fingerprint density at radius 3 is 2.97 bits per heavy atom. The van der Waals surface area contributed by atoms with Gasteiger partial charge in [0.15, 0.2) is 0 Å². The number of piperazine rings is 1. The summed E-state index contributed by atoms with van der Waals surface area (Å²) in [5.74, 6) is 0. The molecule has 3 aliphatic rings. The molecular formula is C25H35N5. The fourth-order valence-electron chi connectivity index (χ4n) is 5.54. The summed E-state index contributed by atoms with van der Waals surface area (Å²) in [6, 6.07) is 12.5. The standard InChI is InChI=1S/C25H35N5/c1-19-8-9-21(26-14-19)16-28(2)17-22-13-24-20(15-27-22)5-3-7-25(24)30-12-11-29-10-4-6-23(29)18-30/h3,5,7-9,14,22-23,27H,4,6,10-13,15-18H2,1-2H3/t22-,23-/m1/s1. The van der Waals surface area contributed by atoms with Crippen molar-refractivity contribution in [2.75, 3.05) is 44.7 Å². The van der Waals surface area contributed by atoms with E-state index < -0.39 is 0 Å². The summed E-state index contributed by atoms with van der Waals surface area (Å²) in [6.07, 6.45) is 5.82. The van der Waals surface area contributed by atoms with Crippen molar-refractivity contribution in [3.8, 4) is 0 Å². The Morgan fingerprint density at radius 2 is 2.10 bits per heavy atom. The molecule has 160 valence electrons. The number of benzene rings is 1. The first kappa shape index (κ1) is 20.0. The van der Waals surface area contributed by atoms with E-state index in [0.717, 1.165) is 37.8 Å². The molecule has 2 aromatic rings. The summed E-state index contributed by atoms with van der Waals surface area (Å²) >= 11 is 0. The topological polar surface area (TPSA) is 34.6 Å². The Bertz CT molecular complexity index is 864. The van der Waals surface area contributed by atoms with Crippen molar-refractivity contribution in [1.29, 1.82) is 0 Å². The predicted molar refractivity (Wildman–Crippen MR) is 123 cm³/mol. The predicted octanol–water partition coefficient (Wildman–Crippen LogP) is 2.82.